The van der Waals surface area contributed by atoms with Gasteiger partial charge in [0.25, 0.3) is 0 Å². The maximum atomic E-state index is 13.8. The molecule has 1 aromatic carbocycles. The van der Waals surface area contributed by atoms with Crippen LogP contribution in [0.3, 0.4) is 0 Å². The lowest BCUT2D eigenvalue weighted by Crippen LogP contribution is -2.42. The van der Waals surface area contributed by atoms with Crippen LogP contribution in [0.2, 0.25) is 5.02 Å². The third kappa shape index (κ3) is 4.23. The summed E-state index contributed by atoms with van der Waals surface area (Å²) in [5.41, 5.74) is 0.667. The molecule has 0 amide bonds. The van der Waals surface area contributed by atoms with Crippen LogP contribution in [0.15, 0.2) is 18.2 Å². The zero-order chi connectivity index (χ0) is 13.5. The molecule has 0 spiro atoms. The van der Waals surface area contributed by atoms with E-state index in [-0.39, 0.29) is 18.0 Å². The Morgan fingerprint density at radius 1 is 1.39 bits per heavy atom. The number of hydrogen-bond acceptors (Lipinski definition) is 2. The quantitative estimate of drug-likeness (QED) is 0.822. The van der Waals surface area contributed by atoms with Gasteiger partial charge < -0.3 is 10.1 Å². The van der Waals surface area contributed by atoms with E-state index in [0.29, 0.717) is 17.0 Å². The van der Waals surface area contributed by atoms with Crippen molar-refractivity contribution in [3.63, 3.8) is 0 Å². The molecule has 0 radical (unpaired) electrons. The zero-order valence-electron chi connectivity index (χ0n) is 11.2. The Balaban J connectivity index is 2.82. The molecule has 2 nitrogen and oxygen atoms in total. The number of hydrogen-bond donors (Lipinski definition) is 1. The van der Waals surface area contributed by atoms with Crippen LogP contribution in [-0.2, 0) is 11.2 Å². The van der Waals surface area contributed by atoms with Crippen LogP contribution < -0.4 is 5.32 Å². The summed E-state index contributed by atoms with van der Waals surface area (Å²) < 4.78 is 19.2. The maximum absolute atomic E-state index is 13.8. The first-order valence-corrected chi connectivity index (χ1v) is 6.70. The number of rotatable bonds is 7. The van der Waals surface area contributed by atoms with E-state index in [4.69, 9.17) is 16.3 Å². The highest BCUT2D eigenvalue weighted by atomic mass is 35.5. The van der Waals surface area contributed by atoms with E-state index in [1.165, 1.54) is 6.07 Å². The van der Waals surface area contributed by atoms with Crippen LogP contribution in [-0.4, -0.2) is 25.8 Å². The highest BCUT2D eigenvalue weighted by Crippen LogP contribution is 2.18. The number of nitrogens with one attached hydrogen (secondary N) is 1. The molecule has 0 aliphatic carbocycles. The van der Waals surface area contributed by atoms with Crippen molar-refractivity contribution < 1.29 is 9.13 Å². The largest absolute Gasteiger partial charge is 0.380 e. The van der Waals surface area contributed by atoms with Gasteiger partial charge in [0.05, 0.1) is 6.10 Å². The summed E-state index contributed by atoms with van der Waals surface area (Å²) in [6, 6.07) is 4.93. The van der Waals surface area contributed by atoms with Gasteiger partial charge in [0.15, 0.2) is 0 Å². The third-order valence-corrected chi connectivity index (χ3v) is 3.31. The normalized spacial score (nSPS) is 14.5. The fourth-order valence-corrected chi connectivity index (χ4v) is 2.30. The summed E-state index contributed by atoms with van der Waals surface area (Å²) in [4.78, 5) is 0. The van der Waals surface area contributed by atoms with Gasteiger partial charge in [-0.3, -0.25) is 0 Å². The van der Waals surface area contributed by atoms with E-state index in [9.17, 15) is 4.39 Å². The smallest absolute Gasteiger partial charge is 0.127 e. The maximum Gasteiger partial charge on any atom is 0.127 e. The minimum absolute atomic E-state index is 0.0834. The average Bonchev–Trinajstić information content (AvgIpc) is 2.34. The molecule has 0 aliphatic heterocycles. The minimum Gasteiger partial charge on any atom is -0.380 e. The number of halogens is 2. The second kappa shape index (κ2) is 7.72. The fourth-order valence-electron chi connectivity index (χ4n) is 2.14. The zero-order valence-corrected chi connectivity index (χ0v) is 11.9. The summed E-state index contributed by atoms with van der Waals surface area (Å²) in [6.07, 6.45) is 1.58. The van der Waals surface area contributed by atoms with Crippen LogP contribution in [0, 0.1) is 5.82 Å². The summed E-state index contributed by atoms with van der Waals surface area (Å²) in [7, 11) is 1.69. The monoisotopic (exact) mass is 273 g/mol. The van der Waals surface area contributed by atoms with Crippen LogP contribution in [0.1, 0.15) is 25.8 Å². The molecule has 102 valence electrons. The van der Waals surface area contributed by atoms with Gasteiger partial charge >= 0.3 is 0 Å². The van der Waals surface area contributed by atoms with Gasteiger partial charge in [0.1, 0.15) is 5.82 Å². The molecule has 1 aromatic rings. The Hall–Kier alpha value is -0.640. The Labute approximate surface area is 113 Å². The average molecular weight is 274 g/mol. The molecule has 4 heteroatoms. The molecule has 0 saturated carbocycles. The molecule has 0 bridgehead atoms. The predicted molar refractivity (Wildman–Crippen MR) is 73.7 cm³/mol. The van der Waals surface area contributed by atoms with Gasteiger partial charge in [-0.1, -0.05) is 31.5 Å². The molecule has 1 rings (SSSR count). The van der Waals surface area contributed by atoms with Crippen molar-refractivity contribution in [3.8, 4) is 0 Å². The Morgan fingerprint density at radius 3 is 2.61 bits per heavy atom. The molecule has 1 N–H and O–H groups in total. The van der Waals surface area contributed by atoms with Crippen LogP contribution in [0.25, 0.3) is 0 Å². The lowest BCUT2D eigenvalue weighted by atomic mass is 9.99. The molecular weight excluding hydrogens is 253 g/mol. The molecule has 0 aliphatic rings. The van der Waals surface area contributed by atoms with E-state index >= 15 is 0 Å². The van der Waals surface area contributed by atoms with Crippen LogP contribution in [0.4, 0.5) is 4.39 Å². The predicted octanol–water partition coefficient (Wildman–Crippen LogP) is 3.42. The van der Waals surface area contributed by atoms with Gasteiger partial charge in [0.2, 0.25) is 0 Å². The topological polar surface area (TPSA) is 21.3 Å². The number of likely N-dealkylation sites (N-methyl/N-ethyl adjacent to an activating group) is 1. The summed E-state index contributed by atoms with van der Waals surface area (Å²) >= 11 is 5.75. The lowest BCUT2D eigenvalue weighted by Gasteiger charge is -2.26. The van der Waals surface area contributed by atoms with E-state index in [0.717, 1.165) is 13.0 Å². The summed E-state index contributed by atoms with van der Waals surface area (Å²) in [6.45, 7) is 4.93. The van der Waals surface area contributed by atoms with Crippen molar-refractivity contribution in [2.75, 3.05) is 13.7 Å². The van der Waals surface area contributed by atoms with Crippen molar-refractivity contribution in [2.24, 2.45) is 0 Å². The van der Waals surface area contributed by atoms with Gasteiger partial charge in [0, 0.05) is 18.2 Å². The molecule has 2 unspecified atom stereocenters. The molecule has 18 heavy (non-hydrogen) atoms. The van der Waals surface area contributed by atoms with Crippen molar-refractivity contribution in [3.05, 3.63) is 34.6 Å². The van der Waals surface area contributed by atoms with E-state index in [1.54, 1.807) is 19.2 Å². The highest BCUT2D eigenvalue weighted by molar-refractivity contribution is 6.30. The van der Waals surface area contributed by atoms with Crippen molar-refractivity contribution in [2.45, 2.75) is 38.8 Å². The van der Waals surface area contributed by atoms with Gasteiger partial charge in [-0.15, -0.1) is 0 Å². The standard InChI is InChI=1S/C14H21ClFNO/c1-4-14(18-3)13(17-5-2)8-10-6-7-11(15)9-12(10)16/h6-7,9,13-14,17H,4-5,8H2,1-3H3. The van der Waals surface area contributed by atoms with Crippen LogP contribution in [0.5, 0.6) is 0 Å². The lowest BCUT2D eigenvalue weighted by molar-refractivity contribution is 0.0656. The molecule has 2 atom stereocenters. The van der Waals surface area contributed by atoms with Gasteiger partial charge in [-0.2, -0.15) is 0 Å². The third-order valence-electron chi connectivity index (χ3n) is 3.08. The van der Waals surface area contributed by atoms with Crippen molar-refractivity contribution in [1.82, 2.24) is 5.32 Å². The molecule has 0 fully saturated rings. The number of benzene rings is 1. The molecule has 0 aromatic heterocycles. The molecular formula is C14H21ClFNO. The SMILES string of the molecule is CCNC(Cc1ccc(Cl)cc1F)C(CC)OC. The van der Waals surface area contributed by atoms with E-state index in [1.807, 2.05) is 6.92 Å². The first kappa shape index (κ1) is 15.4. The first-order valence-electron chi connectivity index (χ1n) is 6.32. The molecule has 0 saturated heterocycles. The first-order chi connectivity index (χ1) is 8.62. The van der Waals surface area contributed by atoms with E-state index < -0.39 is 0 Å². The number of ether oxygens (including phenoxy) is 1. The van der Waals surface area contributed by atoms with Crippen LogP contribution >= 0.6 is 11.6 Å². The Morgan fingerprint density at radius 2 is 2.11 bits per heavy atom. The van der Waals surface area contributed by atoms with Crippen molar-refractivity contribution in [1.29, 1.82) is 0 Å². The summed E-state index contributed by atoms with van der Waals surface area (Å²) in [5.74, 6) is -0.253. The minimum atomic E-state index is -0.253. The summed E-state index contributed by atoms with van der Waals surface area (Å²) in [5, 5.41) is 3.78. The van der Waals surface area contributed by atoms with E-state index in [2.05, 4.69) is 12.2 Å². The molecule has 0 heterocycles. The highest BCUT2D eigenvalue weighted by Gasteiger charge is 2.20. The second-order valence-corrected chi connectivity index (χ2v) is 4.72. The van der Waals surface area contributed by atoms with Gasteiger partial charge in [-0.25, -0.2) is 4.39 Å². The Bertz CT molecular complexity index is 369. The fraction of sp³-hybridized carbons (Fsp3) is 0.571. The van der Waals surface area contributed by atoms with Gasteiger partial charge in [-0.05, 0) is 37.1 Å². The Kier molecular flexibility index (Phi) is 6.61. The van der Waals surface area contributed by atoms with Crippen molar-refractivity contribution >= 4 is 11.6 Å². The second-order valence-electron chi connectivity index (χ2n) is 4.29. The number of methoxy groups -OCH3 is 1.